The van der Waals surface area contributed by atoms with Crippen LogP contribution in [0.4, 0.5) is 13.2 Å². The largest absolute Gasteiger partial charge is 0.534 e. The van der Waals surface area contributed by atoms with Crippen LogP contribution in [0.2, 0.25) is 0 Å². The zero-order valence-electron chi connectivity index (χ0n) is 15.4. The minimum absolute atomic E-state index is 0.000290. The first-order valence-electron chi connectivity index (χ1n) is 8.25. The molecule has 0 saturated carbocycles. The van der Waals surface area contributed by atoms with E-state index in [4.69, 9.17) is 9.47 Å². The van der Waals surface area contributed by atoms with E-state index in [2.05, 4.69) is 4.18 Å². The molecule has 156 valence electrons. The second kappa shape index (κ2) is 7.61. The fraction of sp³-hybridized carbons (Fsp3) is 0.529. The van der Waals surface area contributed by atoms with Crippen LogP contribution in [0.25, 0.3) is 0 Å². The second-order valence-electron chi connectivity index (χ2n) is 7.08. The Bertz CT molecular complexity index is 883. The topological polar surface area (TPSA) is 96.0 Å². The van der Waals surface area contributed by atoms with E-state index in [9.17, 15) is 31.2 Å². The lowest BCUT2D eigenvalue weighted by atomic mass is 9.90. The molecule has 11 heteroatoms. The number of halogens is 3. The normalized spacial score (nSPS) is 15.0. The Hall–Kier alpha value is -2.30. The fourth-order valence-electron chi connectivity index (χ4n) is 2.55. The van der Waals surface area contributed by atoms with Crippen molar-refractivity contribution in [2.24, 2.45) is 0 Å². The van der Waals surface area contributed by atoms with Gasteiger partial charge in [-0.1, -0.05) is 0 Å². The maximum Gasteiger partial charge on any atom is 0.534 e. The van der Waals surface area contributed by atoms with Crippen LogP contribution < -0.4 is 8.92 Å². The minimum Gasteiger partial charge on any atom is -0.481 e. The molecule has 2 rings (SSSR count). The highest BCUT2D eigenvalue weighted by atomic mass is 32.2. The van der Waals surface area contributed by atoms with Crippen LogP contribution in [0.15, 0.2) is 12.1 Å². The summed E-state index contributed by atoms with van der Waals surface area (Å²) in [6, 6.07) is 1.84. The number of ketones is 1. The van der Waals surface area contributed by atoms with Gasteiger partial charge >= 0.3 is 21.6 Å². The second-order valence-corrected chi connectivity index (χ2v) is 8.62. The van der Waals surface area contributed by atoms with Gasteiger partial charge in [0.2, 0.25) is 0 Å². The number of carbonyl (C=O) groups is 2. The summed E-state index contributed by atoms with van der Waals surface area (Å²) < 4.78 is 74.7. The molecule has 0 aliphatic heterocycles. The number of benzene rings is 1. The van der Waals surface area contributed by atoms with Gasteiger partial charge in [0.25, 0.3) is 0 Å². The molecule has 0 unspecified atom stereocenters. The molecule has 1 aromatic rings. The predicted molar refractivity (Wildman–Crippen MR) is 90.7 cm³/mol. The van der Waals surface area contributed by atoms with Crippen molar-refractivity contribution < 1.29 is 44.8 Å². The van der Waals surface area contributed by atoms with Crippen molar-refractivity contribution in [1.82, 2.24) is 0 Å². The third-order valence-corrected chi connectivity index (χ3v) is 4.55. The highest BCUT2D eigenvalue weighted by Gasteiger charge is 2.48. The summed E-state index contributed by atoms with van der Waals surface area (Å²) in [4.78, 5) is 23.9. The van der Waals surface area contributed by atoms with Gasteiger partial charge in [-0.25, -0.2) is 4.79 Å². The SMILES string of the molecule is CC(C)(C)OC(=O)COc1cc(OS(=O)(=O)C(F)(F)F)cc2c1CCCC2=O. The van der Waals surface area contributed by atoms with Crippen LogP contribution in [0.3, 0.4) is 0 Å². The number of rotatable bonds is 5. The lowest BCUT2D eigenvalue weighted by Gasteiger charge is -2.22. The number of hydrogen-bond donors (Lipinski definition) is 0. The van der Waals surface area contributed by atoms with Crippen molar-refractivity contribution in [3.05, 3.63) is 23.3 Å². The van der Waals surface area contributed by atoms with Gasteiger partial charge in [0, 0.05) is 23.6 Å². The summed E-state index contributed by atoms with van der Waals surface area (Å²) >= 11 is 0. The molecule has 1 aliphatic rings. The number of esters is 1. The van der Waals surface area contributed by atoms with Gasteiger partial charge in [0.15, 0.2) is 12.4 Å². The molecule has 0 atom stereocenters. The van der Waals surface area contributed by atoms with Gasteiger partial charge in [-0.15, -0.1) is 0 Å². The molecule has 0 heterocycles. The van der Waals surface area contributed by atoms with Crippen molar-refractivity contribution in [1.29, 1.82) is 0 Å². The van der Waals surface area contributed by atoms with E-state index in [1.54, 1.807) is 20.8 Å². The average molecular weight is 424 g/mol. The summed E-state index contributed by atoms with van der Waals surface area (Å²) in [5.74, 6) is -1.97. The molecular formula is C17H19F3O7S. The molecule has 0 N–H and O–H groups in total. The van der Waals surface area contributed by atoms with Gasteiger partial charge in [-0.3, -0.25) is 4.79 Å². The van der Waals surface area contributed by atoms with Crippen LogP contribution in [-0.2, 0) is 26.1 Å². The average Bonchev–Trinajstić information content (AvgIpc) is 2.50. The number of alkyl halides is 3. The van der Waals surface area contributed by atoms with Crippen molar-refractivity contribution >= 4 is 21.9 Å². The summed E-state index contributed by atoms with van der Waals surface area (Å²) in [6.07, 6.45) is 1.00. The van der Waals surface area contributed by atoms with Crippen molar-refractivity contribution in [2.45, 2.75) is 51.1 Å². The summed E-state index contributed by atoms with van der Waals surface area (Å²) in [6.45, 7) is 4.35. The summed E-state index contributed by atoms with van der Waals surface area (Å²) in [5, 5.41) is 0. The van der Waals surface area contributed by atoms with Crippen molar-refractivity contribution in [2.75, 3.05) is 6.61 Å². The third-order valence-electron chi connectivity index (χ3n) is 3.57. The minimum atomic E-state index is -5.93. The number of fused-ring (bicyclic) bond motifs is 1. The molecular weight excluding hydrogens is 405 g/mol. The molecule has 0 saturated heterocycles. The van der Waals surface area contributed by atoms with Crippen LogP contribution in [-0.4, -0.2) is 37.9 Å². The monoisotopic (exact) mass is 424 g/mol. The fourth-order valence-corrected chi connectivity index (χ4v) is 2.99. The predicted octanol–water partition coefficient (Wildman–Crippen LogP) is 3.15. The molecule has 0 radical (unpaired) electrons. The standard InChI is InChI=1S/C17H19F3O7S/c1-16(2,3)26-15(22)9-25-14-8-10(27-28(23,24)17(18,19)20)7-12-11(14)5-4-6-13(12)21/h7-8H,4-6,9H2,1-3H3. The number of hydrogen-bond acceptors (Lipinski definition) is 7. The molecule has 0 spiro atoms. The first-order valence-corrected chi connectivity index (χ1v) is 9.66. The zero-order valence-corrected chi connectivity index (χ0v) is 16.2. The Morgan fingerprint density at radius 3 is 2.36 bits per heavy atom. The molecule has 1 aliphatic carbocycles. The Labute approximate surface area is 159 Å². The van der Waals surface area contributed by atoms with Crippen LogP contribution in [0.5, 0.6) is 11.5 Å². The molecule has 0 bridgehead atoms. The zero-order chi connectivity index (χ0) is 21.3. The Morgan fingerprint density at radius 1 is 1.14 bits per heavy atom. The van der Waals surface area contributed by atoms with E-state index in [1.807, 2.05) is 0 Å². The Balaban J connectivity index is 2.35. The van der Waals surface area contributed by atoms with Crippen LogP contribution >= 0.6 is 0 Å². The maximum absolute atomic E-state index is 12.6. The molecule has 1 aromatic carbocycles. The summed E-state index contributed by atoms with van der Waals surface area (Å²) in [5.41, 5.74) is -6.04. The van der Waals surface area contributed by atoms with Crippen molar-refractivity contribution in [3.8, 4) is 11.5 Å². The lowest BCUT2D eigenvalue weighted by molar-refractivity contribution is -0.157. The van der Waals surface area contributed by atoms with Gasteiger partial charge in [-0.2, -0.15) is 21.6 Å². The smallest absolute Gasteiger partial charge is 0.481 e. The van der Waals surface area contributed by atoms with Gasteiger partial charge < -0.3 is 13.7 Å². The van der Waals surface area contributed by atoms with Crippen LogP contribution in [0.1, 0.15) is 49.5 Å². The first kappa shape index (κ1) is 22.0. The van der Waals surface area contributed by atoms with E-state index < -0.39 is 45.3 Å². The third kappa shape index (κ3) is 5.37. The highest BCUT2D eigenvalue weighted by molar-refractivity contribution is 7.88. The Morgan fingerprint density at radius 2 is 1.79 bits per heavy atom. The number of carbonyl (C=O) groups excluding carboxylic acids is 2. The van der Waals surface area contributed by atoms with E-state index in [0.29, 0.717) is 18.4 Å². The molecule has 0 fully saturated rings. The van der Waals surface area contributed by atoms with Gasteiger partial charge in [-0.05, 0) is 39.7 Å². The molecule has 7 nitrogen and oxygen atoms in total. The first-order chi connectivity index (χ1) is 12.7. The van der Waals surface area contributed by atoms with E-state index in [0.717, 1.165) is 12.1 Å². The van der Waals surface area contributed by atoms with Gasteiger partial charge in [0.05, 0.1) is 0 Å². The Kier molecular flexibility index (Phi) is 5.98. The van der Waals surface area contributed by atoms with E-state index in [1.165, 1.54) is 0 Å². The highest BCUT2D eigenvalue weighted by Crippen LogP contribution is 2.36. The van der Waals surface area contributed by atoms with Crippen LogP contribution in [0, 0.1) is 0 Å². The number of ether oxygens (including phenoxy) is 2. The quantitative estimate of drug-likeness (QED) is 0.407. The van der Waals surface area contributed by atoms with E-state index >= 15 is 0 Å². The maximum atomic E-state index is 12.6. The van der Waals surface area contributed by atoms with E-state index in [-0.39, 0.29) is 17.7 Å². The summed E-state index contributed by atoms with van der Waals surface area (Å²) in [7, 11) is -5.93. The molecule has 0 aromatic heterocycles. The molecule has 0 amide bonds. The number of Topliss-reactive ketones (excluding diaryl/α,β-unsaturated/α-hetero) is 1. The van der Waals surface area contributed by atoms with Crippen molar-refractivity contribution in [3.63, 3.8) is 0 Å². The lowest BCUT2D eigenvalue weighted by Crippen LogP contribution is -2.28. The molecule has 28 heavy (non-hydrogen) atoms. The van der Waals surface area contributed by atoms with Gasteiger partial charge in [0.1, 0.15) is 17.1 Å².